The Kier molecular flexibility index (Phi) is 4.54. The third kappa shape index (κ3) is 3.28. The van der Waals surface area contributed by atoms with E-state index in [9.17, 15) is 9.59 Å². The Bertz CT molecular complexity index is 1040. The first-order valence-corrected chi connectivity index (χ1v) is 10.2. The molecule has 1 saturated carbocycles. The molecule has 3 aromatic rings. The zero-order valence-electron chi connectivity index (χ0n) is 16.1. The number of benzene rings is 1. The van der Waals surface area contributed by atoms with Crippen molar-refractivity contribution < 1.29 is 9.21 Å². The second kappa shape index (κ2) is 7.35. The third-order valence-electron chi connectivity index (χ3n) is 6.22. The first-order valence-electron chi connectivity index (χ1n) is 10.2. The van der Waals surface area contributed by atoms with Gasteiger partial charge in [-0.1, -0.05) is 36.8 Å². The van der Waals surface area contributed by atoms with Crippen molar-refractivity contribution in [2.75, 3.05) is 13.1 Å². The van der Waals surface area contributed by atoms with Crippen molar-refractivity contribution in [3.8, 4) is 11.3 Å². The van der Waals surface area contributed by atoms with Crippen LogP contribution in [-0.2, 0) is 0 Å². The first-order chi connectivity index (χ1) is 14.2. The summed E-state index contributed by atoms with van der Waals surface area (Å²) in [5.74, 6) is 0.752. The van der Waals surface area contributed by atoms with Crippen LogP contribution in [0.25, 0.3) is 11.3 Å². The first kappa shape index (κ1) is 17.9. The highest BCUT2D eigenvalue weighted by molar-refractivity contribution is 5.91. The summed E-state index contributed by atoms with van der Waals surface area (Å²) in [4.78, 5) is 27.4. The van der Waals surface area contributed by atoms with Crippen molar-refractivity contribution in [2.45, 2.75) is 25.3 Å². The minimum Gasteiger partial charge on any atom is -0.459 e. The van der Waals surface area contributed by atoms with E-state index in [1.54, 1.807) is 28.9 Å². The van der Waals surface area contributed by atoms with Crippen LogP contribution in [0, 0.1) is 11.8 Å². The molecule has 0 N–H and O–H groups in total. The molecule has 1 aliphatic carbocycles. The van der Waals surface area contributed by atoms with Crippen molar-refractivity contribution in [1.29, 1.82) is 0 Å². The van der Waals surface area contributed by atoms with Crippen LogP contribution in [-0.4, -0.2) is 33.7 Å². The number of nitrogens with zero attached hydrogens (tertiary/aromatic N) is 3. The molecular formula is C23H23N3O3. The summed E-state index contributed by atoms with van der Waals surface area (Å²) in [6.45, 7) is 1.26. The monoisotopic (exact) mass is 389 g/mol. The van der Waals surface area contributed by atoms with Crippen molar-refractivity contribution in [3.05, 3.63) is 77.0 Å². The predicted molar refractivity (Wildman–Crippen MR) is 108 cm³/mol. The molecule has 1 saturated heterocycles. The number of hydrogen-bond acceptors (Lipinski definition) is 4. The molecule has 5 rings (SSSR count). The average Bonchev–Trinajstić information content (AvgIpc) is 3.28. The zero-order chi connectivity index (χ0) is 19.8. The number of hydrogen-bond donors (Lipinski definition) is 0. The van der Waals surface area contributed by atoms with Crippen molar-refractivity contribution in [1.82, 2.24) is 14.7 Å². The van der Waals surface area contributed by atoms with Crippen LogP contribution in [0.2, 0.25) is 0 Å². The molecule has 2 aromatic heterocycles. The second-order valence-electron chi connectivity index (χ2n) is 8.00. The number of amides is 1. The predicted octanol–water partition coefficient (Wildman–Crippen LogP) is 3.62. The number of carbonyl (C=O) groups excluding carboxylic acids is 1. The molecule has 148 valence electrons. The molecule has 6 heteroatoms. The number of likely N-dealkylation sites (tertiary alicyclic amines) is 1. The lowest BCUT2D eigenvalue weighted by atomic mass is 9.73. The maximum atomic E-state index is 12.8. The van der Waals surface area contributed by atoms with Crippen LogP contribution in [0.15, 0.2) is 70.1 Å². The number of rotatable bonds is 3. The number of fused-ring (bicyclic) bond motifs is 2. The average molecular weight is 389 g/mol. The van der Waals surface area contributed by atoms with Crippen LogP contribution in [0.1, 0.15) is 35.9 Å². The van der Waals surface area contributed by atoms with Gasteiger partial charge in [0.25, 0.3) is 11.5 Å². The molecular weight excluding hydrogens is 366 g/mol. The van der Waals surface area contributed by atoms with Crippen LogP contribution in [0.4, 0.5) is 0 Å². The lowest BCUT2D eigenvalue weighted by Crippen LogP contribution is -2.53. The summed E-state index contributed by atoms with van der Waals surface area (Å²) in [6.07, 6.45) is 4.64. The SMILES string of the molecule is O=C(c1ccco1)N1C[C@@H]2CCC[C@@H](C1)C2n1nc(-c2ccccc2)ccc1=O. The van der Waals surface area contributed by atoms with Gasteiger partial charge in [0.05, 0.1) is 18.0 Å². The summed E-state index contributed by atoms with van der Waals surface area (Å²) in [5, 5.41) is 4.75. The molecule has 29 heavy (non-hydrogen) atoms. The van der Waals surface area contributed by atoms with Gasteiger partial charge in [-0.05, 0) is 42.9 Å². The molecule has 2 fully saturated rings. The molecule has 1 aromatic carbocycles. The van der Waals surface area contributed by atoms with Crippen molar-refractivity contribution in [2.24, 2.45) is 11.8 Å². The van der Waals surface area contributed by atoms with Gasteiger partial charge in [0.1, 0.15) is 0 Å². The Hall–Kier alpha value is -3.15. The minimum atomic E-state index is -0.0719. The quantitative estimate of drug-likeness (QED) is 0.686. The third-order valence-corrected chi connectivity index (χ3v) is 6.22. The number of furan rings is 1. The fraction of sp³-hybridized carbons (Fsp3) is 0.348. The maximum absolute atomic E-state index is 12.8. The van der Waals surface area contributed by atoms with Gasteiger partial charge in [-0.25, -0.2) is 4.68 Å². The highest BCUT2D eigenvalue weighted by atomic mass is 16.3. The number of carbonyl (C=O) groups is 1. The second-order valence-corrected chi connectivity index (χ2v) is 8.00. The van der Waals surface area contributed by atoms with Gasteiger partial charge < -0.3 is 9.32 Å². The van der Waals surface area contributed by atoms with E-state index in [0.717, 1.165) is 30.5 Å². The molecule has 2 aliphatic rings. The fourth-order valence-electron chi connectivity index (χ4n) is 4.93. The molecule has 0 radical (unpaired) electrons. The maximum Gasteiger partial charge on any atom is 0.289 e. The summed E-state index contributed by atoms with van der Waals surface area (Å²) < 4.78 is 6.99. The zero-order valence-corrected chi connectivity index (χ0v) is 16.1. The molecule has 2 bridgehead atoms. The van der Waals surface area contributed by atoms with E-state index >= 15 is 0 Å². The van der Waals surface area contributed by atoms with Crippen molar-refractivity contribution >= 4 is 5.91 Å². The van der Waals surface area contributed by atoms with E-state index < -0.39 is 0 Å². The Morgan fingerprint density at radius 2 is 1.72 bits per heavy atom. The van der Waals surface area contributed by atoms with E-state index in [2.05, 4.69) is 0 Å². The fourth-order valence-corrected chi connectivity index (χ4v) is 4.93. The summed E-state index contributed by atoms with van der Waals surface area (Å²) >= 11 is 0. The molecule has 2 atom stereocenters. The molecule has 1 aliphatic heterocycles. The van der Waals surface area contributed by atoms with Gasteiger partial charge in [0, 0.05) is 24.7 Å². The van der Waals surface area contributed by atoms with Gasteiger partial charge >= 0.3 is 0 Å². The Balaban J connectivity index is 1.46. The molecule has 1 amide bonds. The summed E-state index contributed by atoms with van der Waals surface area (Å²) in [6, 6.07) is 16.8. The normalized spacial score (nSPS) is 23.7. The van der Waals surface area contributed by atoms with Crippen LogP contribution >= 0.6 is 0 Å². The topological polar surface area (TPSA) is 68.3 Å². The van der Waals surface area contributed by atoms with Crippen molar-refractivity contribution in [3.63, 3.8) is 0 Å². The molecule has 6 nitrogen and oxygen atoms in total. The Morgan fingerprint density at radius 1 is 0.966 bits per heavy atom. The van der Waals surface area contributed by atoms with Gasteiger partial charge in [-0.15, -0.1) is 0 Å². The summed E-state index contributed by atoms with van der Waals surface area (Å²) in [7, 11) is 0. The van der Waals surface area contributed by atoms with E-state index in [4.69, 9.17) is 9.52 Å². The van der Waals surface area contributed by atoms with E-state index in [1.165, 1.54) is 6.26 Å². The Labute approximate surface area is 168 Å². The summed E-state index contributed by atoms with van der Waals surface area (Å²) in [5.41, 5.74) is 1.73. The molecule has 0 spiro atoms. The van der Waals surface area contributed by atoms with Crippen LogP contribution in [0.5, 0.6) is 0 Å². The van der Waals surface area contributed by atoms with Gasteiger partial charge in [0.2, 0.25) is 0 Å². The van der Waals surface area contributed by atoms with E-state index in [1.807, 2.05) is 35.2 Å². The molecule has 3 heterocycles. The standard InChI is InChI=1S/C23H23N3O3/c27-21-12-11-19(16-6-2-1-3-7-16)24-26(21)22-17-8-4-9-18(22)15-25(14-17)23(28)20-10-5-13-29-20/h1-3,5-7,10-13,17-18,22H,4,8-9,14-15H2/t17-,18-/m0/s1. The highest BCUT2D eigenvalue weighted by Gasteiger charge is 2.43. The van der Waals surface area contributed by atoms with Gasteiger partial charge in [-0.2, -0.15) is 5.10 Å². The number of piperidine rings is 1. The van der Waals surface area contributed by atoms with E-state index in [-0.39, 0.29) is 29.3 Å². The van der Waals surface area contributed by atoms with Gasteiger partial charge in [-0.3, -0.25) is 9.59 Å². The highest BCUT2D eigenvalue weighted by Crippen LogP contribution is 2.42. The Morgan fingerprint density at radius 3 is 2.41 bits per heavy atom. The molecule has 0 unspecified atom stereocenters. The van der Waals surface area contributed by atoms with Crippen LogP contribution < -0.4 is 5.56 Å². The lowest BCUT2D eigenvalue weighted by molar-refractivity contribution is 0.0177. The van der Waals surface area contributed by atoms with E-state index in [0.29, 0.717) is 18.8 Å². The van der Waals surface area contributed by atoms with Crippen LogP contribution in [0.3, 0.4) is 0 Å². The minimum absolute atomic E-state index is 0.0283. The van der Waals surface area contributed by atoms with Gasteiger partial charge in [0.15, 0.2) is 5.76 Å². The number of aromatic nitrogens is 2. The lowest BCUT2D eigenvalue weighted by Gasteiger charge is -2.47. The largest absolute Gasteiger partial charge is 0.459 e. The smallest absolute Gasteiger partial charge is 0.289 e.